The lowest BCUT2D eigenvalue weighted by atomic mass is 10.1. The minimum atomic E-state index is -1.32. The second kappa shape index (κ2) is 14.8. The van der Waals surface area contributed by atoms with E-state index in [0.717, 1.165) is 0 Å². The lowest BCUT2D eigenvalue weighted by Crippen LogP contribution is -2.56. The van der Waals surface area contributed by atoms with Crippen LogP contribution in [0.4, 0.5) is 0 Å². The number of rotatable bonds is 16. The molecule has 0 aliphatic heterocycles. The second-order valence-electron chi connectivity index (χ2n) is 7.52. The maximum absolute atomic E-state index is 12.9. The maximum Gasteiger partial charge on any atom is 0.326 e. The predicted octanol–water partition coefficient (Wildman–Crippen LogP) is -4.23. The summed E-state index contributed by atoms with van der Waals surface area (Å²) in [4.78, 5) is 70.7. The van der Waals surface area contributed by atoms with Gasteiger partial charge in [-0.3, -0.25) is 24.2 Å². The monoisotopic (exact) mass is 496 g/mol. The molecule has 4 amide bonds. The number of nitrogens with two attached hydrogens (primary N) is 4. The molecular formula is C19H32N10O6. The summed E-state index contributed by atoms with van der Waals surface area (Å²) in [5.74, 6) is -4.37. The average molecular weight is 497 g/mol. The Kier molecular flexibility index (Phi) is 12.2. The molecule has 0 fully saturated rings. The highest BCUT2D eigenvalue weighted by Gasteiger charge is 2.29. The van der Waals surface area contributed by atoms with Crippen LogP contribution in [0, 0.1) is 0 Å². The van der Waals surface area contributed by atoms with E-state index in [2.05, 4.69) is 30.9 Å². The number of nitrogens with zero attached hydrogens (tertiary/aromatic N) is 2. The van der Waals surface area contributed by atoms with E-state index in [9.17, 15) is 29.1 Å². The van der Waals surface area contributed by atoms with Crippen LogP contribution in [0.5, 0.6) is 0 Å². The van der Waals surface area contributed by atoms with Crippen molar-refractivity contribution in [2.24, 2.45) is 27.9 Å². The van der Waals surface area contributed by atoms with Crippen LogP contribution in [0.15, 0.2) is 17.5 Å². The van der Waals surface area contributed by atoms with Crippen LogP contribution < -0.4 is 38.9 Å². The summed E-state index contributed by atoms with van der Waals surface area (Å²) in [5.41, 5.74) is 21.5. The summed E-state index contributed by atoms with van der Waals surface area (Å²) >= 11 is 0. The van der Waals surface area contributed by atoms with Gasteiger partial charge in [0.1, 0.15) is 18.1 Å². The van der Waals surface area contributed by atoms with Crippen LogP contribution >= 0.6 is 0 Å². The Morgan fingerprint density at radius 2 is 1.63 bits per heavy atom. The smallest absolute Gasteiger partial charge is 0.326 e. The van der Waals surface area contributed by atoms with Gasteiger partial charge in [0.15, 0.2) is 5.96 Å². The van der Waals surface area contributed by atoms with Gasteiger partial charge in [-0.15, -0.1) is 0 Å². The van der Waals surface area contributed by atoms with Gasteiger partial charge in [0, 0.05) is 31.3 Å². The molecule has 3 atom stereocenters. The number of primary amides is 1. The number of aromatic nitrogens is 2. The van der Waals surface area contributed by atoms with E-state index in [1.165, 1.54) is 12.5 Å². The first kappa shape index (κ1) is 28.8. The van der Waals surface area contributed by atoms with Gasteiger partial charge < -0.3 is 49.0 Å². The van der Waals surface area contributed by atoms with Crippen molar-refractivity contribution in [3.63, 3.8) is 0 Å². The molecule has 1 aromatic heterocycles. The Labute approximate surface area is 200 Å². The fraction of sp³-hybridized carbons (Fsp3) is 0.526. The van der Waals surface area contributed by atoms with Gasteiger partial charge in [0.05, 0.1) is 12.9 Å². The molecule has 0 aliphatic rings. The quantitative estimate of drug-likeness (QED) is 0.0603. The number of carbonyl (C=O) groups is 5. The molecule has 0 saturated heterocycles. The van der Waals surface area contributed by atoms with Crippen LogP contribution in [0.3, 0.4) is 0 Å². The highest BCUT2D eigenvalue weighted by Crippen LogP contribution is 2.05. The summed E-state index contributed by atoms with van der Waals surface area (Å²) in [5, 5.41) is 16.7. The van der Waals surface area contributed by atoms with E-state index in [4.69, 9.17) is 22.9 Å². The van der Waals surface area contributed by atoms with Crippen LogP contribution in [0.25, 0.3) is 0 Å². The lowest BCUT2D eigenvalue weighted by molar-refractivity contribution is -0.142. The summed E-state index contributed by atoms with van der Waals surface area (Å²) in [6, 6.07) is -3.72. The van der Waals surface area contributed by atoms with Gasteiger partial charge in [-0.1, -0.05) is 0 Å². The molecule has 0 saturated carbocycles. The van der Waals surface area contributed by atoms with Crippen LogP contribution in [0.2, 0.25) is 0 Å². The van der Waals surface area contributed by atoms with Crippen molar-refractivity contribution >= 4 is 35.6 Å². The fourth-order valence-corrected chi connectivity index (χ4v) is 2.94. The average Bonchev–Trinajstić information content (AvgIpc) is 3.30. The molecule has 1 rings (SSSR count). The zero-order chi connectivity index (χ0) is 26.4. The molecule has 3 unspecified atom stereocenters. The largest absolute Gasteiger partial charge is 0.480 e. The van der Waals surface area contributed by atoms with Gasteiger partial charge in [0.25, 0.3) is 0 Å². The number of hydrogen-bond acceptors (Lipinski definition) is 8. The Balaban J connectivity index is 2.99. The number of hydrogen-bond donors (Lipinski definition) is 9. The highest BCUT2D eigenvalue weighted by molar-refractivity contribution is 5.93. The van der Waals surface area contributed by atoms with Crippen molar-refractivity contribution in [3.05, 3.63) is 18.2 Å². The first-order chi connectivity index (χ1) is 16.5. The third-order valence-electron chi connectivity index (χ3n) is 4.69. The number of aromatic amines is 1. The topological polar surface area (TPSA) is 287 Å². The number of carboxylic acid groups (broad SMARTS) is 1. The van der Waals surface area contributed by atoms with Gasteiger partial charge in [-0.2, -0.15) is 0 Å². The number of aliphatic imine (C=N–C) groups is 1. The fourth-order valence-electron chi connectivity index (χ4n) is 2.94. The summed E-state index contributed by atoms with van der Waals surface area (Å²) in [6.45, 7) is -0.260. The first-order valence-electron chi connectivity index (χ1n) is 10.7. The Hall–Kier alpha value is -4.21. The number of nitrogens with one attached hydrogen (secondary N) is 4. The Morgan fingerprint density at radius 3 is 2.14 bits per heavy atom. The molecule has 13 N–H and O–H groups in total. The van der Waals surface area contributed by atoms with E-state index in [-0.39, 0.29) is 44.6 Å². The molecule has 0 aromatic carbocycles. The molecular weight excluding hydrogens is 464 g/mol. The van der Waals surface area contributed by atoms with Crippen LogP contribution in [-0.4, -0.2) is 81.8 Å². The minimum absolute atomic E-state index is 0.0398. The molecule has 0 bridgehead atoms. The second-order valence-corrected chi connectivity index (χ2v) is 7.52. The van der Waals surface area contributed by atoms with Gasteiger partial charge in [-0.05, 0) is 19.3 Å². The van der Waals surface area contributed by atoms with Gasteiger partial charge in [0.2, 0.25) is 23.6 Å². The molecule has 16 heteroatoms. The lowest BCUT2D eigenvalue weighted by Gasteiger charge is -2.24. The summed E-state index contributed by atoms with van der Waals surface area (Å²) in [7, 11) is 0. The van der Waals surface area contributed by atoms with E-state index in [1.807, 2.05) is 0 Å². The third-order valence-corrected chi connectivity index (χ3v) is 4.69. The number of carboxylic acids is 1. The highest BCUT2D eigenvalue weighted by atomic mass is 16.4. The van der Waals surface area contributed by atoms with Crippen LogP contribution in [0.1, 0.15) is 31.4 Å². The first-order valence-corrected chi connectivity index (χ1v) is 10.7. The number of carbonyl (C=O) groups excluding carboxylic acids is 4. The number of aliphatic carboxylic acids is 1. The van der Waals surface area contributed by atoms with Gasteiger partial charge in [-0.25, -0.2) is 9.78 Å². The maximum atomic E-state index is 12.9. The third kappa shape index (κ3) is 11.5. The predicted molar refractivity (Wildman–Crippen MR) is 123 cm³/mol. The number of amides is 4. The van der Waals surface area contributed by atoms with Gasteiger partial charge >= 0.3 is 5.97 Å². The molecule has 16 nitrogen and oxygen atoms in total. The van der Waals surface area contributed by atoms with E-state index in [1.54, 1.807) is 0 Å². The summed E-state index contributed by atoms with van der Waals surface area (Å²) in [6.07, 6.45) is 2.66. The zero-order valence-electron chi connectivity index (χ0n) is 19.0. The van der Waals surface area contributed by atoms with Crippen molar-refractivity contribution in [1.29, 1.82) is 0 Å². The van der Waals surface area contributed by atoms with Crippen LogP contribution in [-0.2, 0) is 30.4 Å². The van der Waals surface area contributed by atoms with E-state index in [0.29, 0.717) is 5.69 Å². The van der Waals surface area contributed by atoms with E-state index < -0.39 is 54.3 Å². The van der Waals surface area contributed by atoms with Crippen molar-refractivity contribution < 1.29 is 29.1 Å². The minimum Gasteiger partial charge on any atom is -0.480 e. The number of H-pyrrole nitrogens is 1. The molecule has 35 heavy (non-hydrogen) atoms. The standard InChI is InChI=1S/C19H32N10O6/c20-7-15(31)27-12(3-4-14(21)30)17(33)28-11(2-1-5-25-19(22)23)16(32)29-13(18(34)35)6-10-8-24-9-26-10/h8-9,11-13H,1-7,20H2,(H2,21,30)(H,24,26)(H,27,31)(H,28,33)(H,29,32)(H,34,35)(H4,22,23,25). The number of imidazole rings is 1. The Morgan fingerprint density at radius 1 is 1.00 bits per heavy atom. The van der Waals surface area contributed by atoms with Crippen molar-refractivity contribution in [3.8, 4) is 0 Å². The molecule has 0 spiro atoms. The number of guanidine groups is 1. The molecule has 1 heterocycles. The summed E-state index contributed by atoms with van der Waals surface area (Å²) < 4.78 is 0. The molecule has 1 aromatic rings. The van der Waals surface area contributed by atoms with Crippen molar-refractivity contribution in [2.45, 2.75) is 50.2 Å². The normalized spacial score (nSPS) is 13.1. The van der Waals surface area contributed by atoms with Crippen molar-refractivity contribution in [1.82, 2.24) is 25.9 Å². The SMILES string of the molecule is NCC(=O)NC(CCC(N)=O)C(=O)NC(CCCN=C(N)N)C(=O)NC(Cc1cnc[nH]1)C(=O)O. The van der Waals surface area contributed by atoms with Crippen molar-refractivity contribution in [2.75, 3.05) is 13.1 Å². The molecule has 0 aliphatic carbocycles. The Bertz CT molecular complexity index is 900. The zero-order valence-corrected chi connectivity index (χ0v) is 19.0. The molecule has 194 valence electrons. The molecule has 0 radical (unpaired) electrons. The van der Waals surface area contributed by atoms with E-state index >= 15 is 0 Å².